The summed E-state index contributed by atoms with van der Waals surface area (Å²) in [5.74, 6) is -0.900. The molecule has 0 saturated heterocycles. The highest BCUT2D eigenvalue weighted by molar-refractivity contribution is 7.80. The molecule has 2 aromatic carbocycles. The van der Waals surface area contributed by atoms with E-state index in [1.165, 1.54) is 18.2 Å². The van der Waals surface area contributed by atoms with E-state index in [0.717, 1.165) is 0 Å². The normalized spacial score (nSPS) is 10.0. The summed E-state index contributed by atoms with van der Waals surface area (Å²) in [6, 6.07) is 10.2. The van der Waals surface area contributed by atoms with Gasteiger partial charge in [0, 0.05) is 21.3 Å². The summed E-state index contributed by atoms with van der Waals surface area (Å²) in [6.45, 7) is 0. The van der Waals surface area contributed by atoms with Gasteiger partial charge in [0.25, 0.3) is 5.91 Å². The number of anilines is 1. The van der Waals surface area contributed by atoms with Crippen molar-refractivity contribution in [3.8, 4) is 0 Å². The summed E-state index contributed by atoms with van der Waals surface area (Å²) in [5.41, 5.74) is 0.752. The van der Waals surface area contributed by atoms with E-state index >= 15 is 0 Å². The number of carbonyl (C=O) groups is 1. The zero-order valence-corrected chi connectivity index (χ0v) is 12.8. The Balaban J connectivity index is 2.01. The van der Waals surface area contributed by atoms with Gasteiger partial charge in [0.2, 0.25) is 0 Å². The molecule has 0 radical (unpaired) electrons. The number of hydrogen-bond acceptors (Lipinski definition) is 2. The first-order valence-corrected chi connectivity index (χ1v) is 6.94. The molecule has 0 atom stereocenters. The highest BCUT2D eigenvalue weighted by atomic mass is 35.5. The molecule has 2 aromatic rings. The molecule has 2 N–H and O–H groups in total. The fourth-order valence-electron chi connectivity index (χ4n) is 1.56. The summed E-state index contributed by atoms with van der Waals surface area (Å²) in [6.07, 6.45) is 0. The lowest BCUT2D eigenvalue weighted by molar-refractivity contribution is 0.0978. The van der Waals surface area contributed by atoms with Gasteiger partial charge in [-0.15, -0.1) is 0 Å². The van der Waals surface area contributed by atoms with Crippen molar-refractivity contribution in [1.82, 2.24) is 5.32 Å². The van der Waals surface area contributed by atoms with Crippen molar-refractivity contribution in [2.75, 3.05) is 5.32 Å². The summed E-state index contributed by atoms with van der Waals surface area (Å²) in [7, 11) is 0. The smallest absolute Gasteiger partial charge is 0.257 e. The average Bonchev–Trinajstić information content (AvgIpc) is 2.37. The van der Waals surface area contributed by atoms with E-state index < -0.39 is 11.7 Å². The summed E-state index contributed by atoms with van der Waals surface area (Å²) in [4.78, 5) is 11.9. The molecule has 0 saturated carbocycles. The third kappa shape index (κ3) is 4.67. The number of halogens is 3. The third-order valence-corrected chi connectivity index (χ3v) is 3.13. The molecule has 0 spiro atoms. The van der Waals surface area contributed by atoms with Crippen LogP contribution in [0.15, 0.2) is 42.5 Å². The Morgan fingerprint density at radius 2 is 1.71 bits per heavy atom. The first-order chi connectivity index (χ1) is 9.94. The van der Waals surface area contributed by atoms with Gasteiger partial charge in [-0.2, -0.15) is 0 Å². The number of carbonyl (C=O) groups excluding carboxylic acids is 1. The SMILES string of the molecule is O=C(NC(=S)Nc1cc(F)cc(Cl)c1)c1ccc(Cl)cc1. The van der Waals surface area contributed by atoms with Crippen LogP contribution in [0.2, 0.25) is 10.0 Å². The van der Waals surface area contributed by atoms with E-state index in [1.807, 2.05) is 0 Å². The van der Waals surface area contributed by atoms with Crippen LogP contribution in [0.25, 0.3) is 0 Å². The van der Waals surface area contributed by atoms with E-state index in [4.69, 9.17) is 35.4 Å². The van der Waals surface area contributed by atoms with Crippen molar-refractivity contribution in [1.29, 1.82) is 0 Å². The van der Waals surface area contributed by atoms with Gasteiger partial charge in [0.1, 0.15) is 5.82 Å². The average molecular weight is 343 g/mol. The lowest BCUT2D eigenvalue weighted by atomic mass is 10.2. The lowest BCUT2D eigenvalue weighted by Crippen LogP contribution is -2.34. The largest absolute Gasteiger partial charge is 0.332 e. The monoisotopic (exact) mass is 342 g/mol. The number of nitrogens with one attached hydrogen (secondary N) is 2. The molecule has 7 heteroatoms. The second-order valence-electron chi connectivity index (χ2n) is 4.07. The quantitative estimate of drug-likeness (QED) is 0.801. The summed E-state index contributed by atoms with van der Waals surface area (Å²) in [5, 5.41) is 5.95. The third-order valence-electron chi connectivity index (χ3n) is 2.45. The van der Waals surface area contributed by atoms with Gasteiger partial charge in [-0.1, -0.05) is 23.2 Å². The van der Waals surface area contributed by atoms with E-state index in [-0.39, 0.29) is 10.1 Å². The molecule has 0 aromatic heterocycles. The fraction of sp³-hybridized carbons (Fsp3) is 0. The Labute approximate surface area is 136 Å². The zero-order chi connectivity index (χ0) is 15.4. The Morgan fingerprint density at radius 1 is 1.05 bits per heavy atom. The Kier molecular flexibility index (Phi) is 5.12. The van der Waals surface area contributed by atoms with Crippen molar-refractivity contribution < 1.29 is 9.18 Å². The van der Waals surface area contributed by atoms with Gasteiger partial charge >= 0.3 is 0 Å². The van der Waals surface area contributed by atoms with Crippen LogP contribution in [0.4, 0.5) is 10.1 Å². The van der Waals surface area contributed by atoms with Crippen LogP contribution in [0.3, 0.4) is 0 Å². The zero-order valence-electron chi connectivity index (χ0n) is 10.5. The predicted octanol–water partition coefficient (Wildman–Crippen LogP) is 4.26. The Bertz CT molecular complexity index is 672. The standard InChI is InChI=1S/C14H9Cl2FN2OS/c15-9-3-1-8(2-4-9)13(20)19-14(21)18-12-6-10(16)5-11(17)7-12/h1-7H,(H2,18,19,20,21). The molecule has 3 nitrogen and oxygen atoms in total. The van der Waals surface area contributed by atoms with Crippen LogP contribution in [0, 0.1) is 5.82 Å². The highest BCUT2D eigenvalue weighted by Crippen LogP contribution is 2.18. The first-order valence-electron chi connectivity index (χ1n) is 5.78. The van der Waals surface area contributed by atoms with Gasteiger partial charge in [-0.25, -0.2) is 4.39 Å². The summed E-state index contributed by atoms with van der Waals surface area (Å²) < 4.78 is 13.2. The molecule has 1 amide bonds. The molecule has 0 heterocycles. The van der Waals surface area contributed by atoms with Gasteiger partial charge in [0.05, 0.1) is 0 Å². The van der Waals surface area contributed by atoms with Crippen molar-refractivity contribution in [2.45, 2.75) is 0 Å². The molecule has 0 aliphatic heterocycles. The van der Waals surface area contributed by atoms with Gasteiger partial charge in [0.15, 0.2) is 5.11 Å². The van der Waals surface area contributed by atoms with E-state index in [2.05, 4.69) is 10.6 Å². The topological polar surface area (TPSA) is 41.1 Å². The predicted molar refractivity (Wildman–Crippen MR) is 86.5 cm³/mol. The summed E-state index contributed by atoms with van der Waals surface area (Å²) >= 11 is 16.5. The van der Waals surface area contributed by atoms with Crippen LogP contribution < -0.4 is 10.6 Å². The fourth-order valence-corrected chi connectivity index (χ4v) is 2.12. The number of rotatable bonds is 2. The molecule has 0 aliphatic carbocycles. The number of amides is 1. The molecule has 0 aliphatic rings. The molecule has 2 rings (SSSR count). The van der Waals surface area contributed by atoms with Gasteiger partial charge in [-0.3, -0.25) is 10.1 Å². The lowest BCUT2D eigenvalue weighted by Gasteiger charge is -2.10. The van der Waals surface area contributed by atoms with Gasteiger partial charge in [-0.05, 0) is 54.7 Å². The maximum atomic E-state index is 13.2. The van der Waals surface area contributed by atoms with E-state index in [0.29, 0.717) is 16.3 Å². The second kappa shape index (κ2) is 6.85. The van der Waals surface area contributed by atoms with E-state index in [9.17, 15) is 9.18 Å². The van der Waals surface area contributed by atoms with Crippen LogP contribution in [0.1, 0.15) is 10.4 Å². The Morgan fingerprint density at radius 3 is 2.33 bits per heavy atom. The van der Waals surface area contributed by atoms with E-state index in [1.54, 1.807) is 24.3 Å². The van der Waals surface area contributed by atoms with Crippen LogP contribution in [-0.4, -0.2) is 11.0 Å². The molecular formula is C14H9Cl2FN2OS. The van der Waals surface area contributed by atoms with Crippen molar-refractivity contribution >= 4 is 52.1 Å². The minimum absolute atomic E-state index is 0.0385. The number of thiocarbonyl (C=S) groups is 1. The maximum absolute atomic E-state index is 13.2. The Hall–Kier alpha value is -1.69. The van der Waals surface area contributed by atoms with Crippen molar-refractivity contribution in [3.63, 3.8) is 0 Å². The molecule has 108 valence electrons. The first kappa shape index (κ1) is 15.7. The van der Waals surface area contributed by atoms with Crippen LogP contribution in [-0.2, 0) is 0 Å². The molecule has 0 bridgehead atoms. The molecular weight excluding hydrogens is 334 g/mol. The number of benzene rings is 2. The van der Waals surface area contributed by atoms with Crippen LogP contribution in [0.5, 0.6) is 0 Å². The minimum atomic E-state index is -0.503. The maximum Gasteiger partial charge on any atom is 0.257 e. The number of hydrogen-bond donors (Lipinski definition) is 2. The molecule has 0 unspecified atom stereocenters. The highest BCUT2D eigenvalue weighted by Gasteiger charge is 2.08. The van der Waals surface area contributed by atoms with Crippen LogP contribution >= 0.6 is 35.4 Å². The second-order valence-corrected chi connectivity index (χ2v) is 5.35. The van der Waals surface area contributed by atoms with Gasteiger partial charge < -0.3 is 5.32 Å². The minimum Gasteiger partial charge on any atom is -0.332 e. The molecule has 21 heavy (non-hydrogen) atoms. The van der Waals surface area contributed by atoms with Crippen molar-refractivity contribution in [3.05, 3.63) is 63.9 Å². The van der Waals surface area contributed by atoms with Crippen molar-refractivity contribution in [2.24, 2.45) is 0 Å². The molecule has 0 fully saturated rings.